The second-order valence-corrected chi connectivity index (χ2v) is 7.91. The van der Waals surface area contributed by atoms with E-state index in [-0.39, 0.29) is 12.4 Å². The SMILES string of the molecule is CCn1ncc(C(=O)/C=C/c2ccc(OC)c(COc3ccc(Br)cc3Cl)c2)c1C. The normalized spacial score (nSPS) is 11.1. The number of halogens is 2. The van der Waals surface area contributed by atoms with Crippen molar-refractivity contribution < 1.29 is 14.3 Å². The Balaban J connectivity index is 1.77. The highest BCUT2D eigenvalue weighted by atomic mass is 79.9. The van der Waals surface area contributed by atoms with Gasteiger partial charge >= 0.3 is 0 Å². The molecule has 0 aliphatic rings. The average molecular weight is 490 g/mol. The number of aromatic nitrogens is 2. The molecule has 1 aromatic heterocycles. The Morgan fingerprint density at radius 1 is 1.23 bits per heavy atom. The third-order valence-electron chi connectivity index (χ3n) is 4.68. The molecule has 0 aliphatic carbocycles. The number of rotatable bonds is 8. The molecule has 0 aliphatic heterocycles. The van der Waals surface area contributed by atoms with Gasteiger partial charge in [-0.25, -0.2) is 0 Å². The van der Waals surface area contributed by atoms with Crippen molar-refractivity contribution in [2.24, 2.45) is 0 Å². The first-order valence-electron chi connectivity index (χ1n) is 9.42. The van der Waals surface area contributed by atoms with Gasteiger partial charge in [-0.1, -0.05) is 39.7 Å². The topological polar surface area (TPSA) is 53.4 Å². The van der Waals surface area contributed by atoms with Gasteiger partial charge in [-0.2, -0.15) is 5.10 Å². The van der Waals surface area contributed by atoms with Crippen molar-refractivity contribution >= 4 is 39.4 Å². The van der Waals surface area contributed by atoms with Gasteiger partial charge in [0.15, 0.2) is 5.78 Å². The van der Waals surface area contributed by atoms with Gasteiger partial charge in [0.05, 0.1) is 23.9 Å². The second-order valence-electron chi connectivity index (χ2n) is 6.59. The van der Waals surface area contributed by atoms with Crippen LogP contribution in [-0.4, -0.2) is 22.7 Å². The van der Waals surface area contributed by atoms with E-state index in [1.807, 2.05) is 38.1 Å². The van der Waals surface area contributed by atoms with Crippen LogP contribution in [0, 0.1) is 6.92 Å². The van der Waals surface area contributed by atoms with Crippen molar-refractivity contribution in [2.75, 3.05) is 7.11 Å². The summed E-state index contributed by atoms with van der Waals surface area (Å²) in [4.78, 5) is 12.5. The number of ether oxygens (including phenoxy) is 2. The molecule has 5 nitrogen and oxygen atoms in total. The molecule has 0 saturated carbocycles. The van der Waals surface area contributed by atoms with E-state index in [9.17, 15) is 4.79 Å². The lowest BCUT2D eigenvalue weighted by molar-refractivity contribution is 0.104. The van der Waals surface area contributed by atoms with Crippen LogP contribution in [0.5, 0.6) is 11.5 Å². The second kappa shape index (κ2) is 9.96. The predicted octanol–water partition coefficient (Wildman–Crippen LogP) is 6.11. The van der Waals surface area contributed by atoms with Crippen LogP contribution in [0.1, 0.15) is 34.1 Å². The van der Waals surface area contributed by atoms with Gasteiger partial charge in [-0.05, 0) is 55.8 Å². The van der Waals surface area contributed by atoms with Gasteiger partial charge in [-0.3, -0.25) is 9.48 Å². The fourth-order valence-electron chi connectivity index (χ4n) is 3.03. The number of aryl methyl sites for hydroxylation is 1. The molecule has 1 heterocycles. The van der Waals surface area contributed by atoms with E-state index in [0.717, 1.165) is 27.8 Å². The number of carbonyl (C=O) groups excluding carboxylic acids is 1. The number of methoxy groups -OCH3 is 1. The summed E-state index contributed by atoms with van der Waals surface area (Å²) < 4.78 is 14.0. The molecule has 0 atom stereocenters. The van der Waals surface area contributed by atoms with Crippen molar-refractivity contribution in [3.8, 4) is 11.5 Å². The van der Waals surface area contributed by atoms with Crippen LogP contribution in [0.4, 0.5) is 0 Å². The lowest BCUT2D eigenvalue weighted by atomic mass is 10.1. The molecule has 0 fully saturated rings. The maximum absolute atomic E-state index is 12.5. The molecule has 3 rings (SSSR count). The van der Waals surface area contributed by atoms with Gasteiger partial charge in [0.25, 0.3) is 0 Å². The van der Waals surface area contributed by atoms with Gasteiger partial charge in [0, 0.05) is 22.3 Å². The molecule has 2 aromatic carbocycles. The fraction of sp³-hybridized carbons (Fsp3) is 0.217. The number of hydrogen-bond donors (Lipinski definition) is 0. The monoisotopic (exact) mass is 488 g/mol. The van der Waals surface area contributed by atoms with E-state index >= 15 is 0 Å². The lowest BCUT2D eigenvalue weighted by Crippen LogP contribution is -2.02. The summed E-state index contributed by atoms with van der Waals surface area (Å²) in [7, 11) is 1.61. The predicted molar refractivity (Wildman–Crippen MR) is 122 cm³/mol. The molecule has 30 heavy (non-hydrogen) atoms. The van der Waals surface area contributed by atoms with Crippen LogP contribution in [0.25, 0.3) is 6.08 Å². The summed E-state index contributed by atoms with van der Waals surface area (Å²) in [5.41, 5.74) is 3.18. The average Bonchev–Trinajstić information content (AvgIpc) is 3.12. The van der Waals surface area contributed by atoms with Gasteiger partial charge in [-0.15, -0.1) is 0 Å². The van der Waals surface area contributed by atoms with Crippen LogP contribution in [0.2, 0.25) is 5.02 Å². The Bertz CT molecular complexity index is 1090. The Labute approximate surface area is 189 Å². The van der Waals surface area contributed by atoms with E-state index in [0.29, 0.717) is 22.1 Å². The summed E-state index contributed by atoms with van der Waals surface area (Å²) >= 11 is 9.61. The molecule has 0 unspecified atom stereocenters. The Morgan fingerprint density at radius 2 is 2.00 bits per heavy atom. The molecule has 3 aromatic rings. The molecule has 0 radical (unpaired) electrons. The molecule has 0 N–H and O–H groups in total. The van der Waals surface area contributed by atoms with Crippen LogP contribution >= 0.6 is 27.5 Å². The third-order valence-corrected chi connectivity index (χ3v) is 5.47. The van der Waals surface area contributed by atoms with Gasteiger partial charge in [0.1, 0.15) is 18.1 Å². The maximum atomic E-state index is 12.5. The fourth-order valence-corrected chi connectivity index (χ4v) is 3.76. The first kappa shape index (κ1) is 22.1. The minimum absolute atomic E-state index is 0.0811. The zero-order chi connectivity index (χ0) is 21.7. The first-order chi connectivity index (χ1) is 14.4. The number of hydrogen-bond acceptors (Lipinski definition) is 4. The highest BCUT2D eigenvalue weighted by Crippen LogP contribution is 2.30. The molecule has 0 amide bonds. The van der Waals surface area contributed by atoms with Crippen LogP contribution in [-0.2, 0) is 13.2 Å². The van der Waals surface area contributed by atoms with Crippen molar-refractivity contribution in [1.82, 2.24) is 9.78 Å². The summed E-state index contributed by atoms with van der Waals surface area (Å²) in [6, 6.07) is 11.1. The highest BCUT2D eigenvalue weighted by Gasteiger charge is 2.11. The van der Waals surface area contributed by atoms with E-state index in [2.05, 4.69) is 21.0 Å². The van der Waals surface area contributed by atoms with E-state index in [1.165, 1.54) is 0 Å². The maximum Gasteiger partial charge on any atom is 0.189 e. The summed E-state index contributed by atoms with van der Waals surface area (Å²) in [6.07, 6.45) is 4.95. The van der Waals surface area contributed by atoms with Crippen LogP contribution in [0.15, 0.2) is 53.1 Å². The van der Waals surface area contributed by atoms with Crippen molar-refractivity contribution in [1.29, 1.82) is 0 Å². The number of ketones is 1. The number of allylic oxidation sites excluding steroid dienone is 1. The minimum Gasteiger partial charge on any atom is -0.496 e. The molecule has 156 valence electrons. The van der Waals surface area contributed by atoms with Crippen molar-refractivity contribution in [3.63, 3.8) is 0 Å². The zero-order valence-electron chi connectivity index (χ0n) is 17.0. The van der Waals surface area contributed by atoms with Gasteiger partial charge < -0.3 is 9.47 Å². The standard InChI is InChI=1S/C23H22BrClN2O3/c1-4-27-15(2)19(13-26-27)21(28)8-5-16-6-9-22(29-3)17(11-16)14-30-23-10-7-18(24)12-20(23)25/h5-13H,4,14H2,1-3H3/b8-5+. The summed E-state index contributed by atoms with van der Waals surface area (Å²) in [5.74, 6) is 1.20. The molecule has 0 spiro atoms. The number of nitrogens with zero attached hydrogens (tertiary/aromatic N) is 2. The number of carbonyl (C=O) groups is 1. The molecular weight excluding hydrogens is 468 g/mol. The molecular formula is C23H22BrClN2O3. The Kier molecular flexibility index (Phi) is 7.34. The van der Waals surface area contributed by atoms with E-state index in [1.54, 1.807) is 42.3 Å². The lowest BCUT2D eigenvalue weighted by Gasteiger charge is -2.12. The highest BCUT2D eigenvalue weighted by molar-refractivity contribution is 9.10. The largest absolute Gasteiger partial charge is 0.496 e. The van der Waals surface area contributed by atoms with Crippen LogP contribution < -0.4 is 9.47 Å². The number of benzene rings is 2. The van der Waals surface area contributed by atoms with Crippen LogP contribution in [0.3, 0.4) is 0 Å². The Hall–Kier alpha value is -2.57. The molecule has 0 bridgehead atoms. The van der Waals surface area contributed by atoms with Crippen molar-refractivity contribution in [2.45, 2.75) is 27.0 Å². The van der Waals surface area contributed by atoms with Gasteiger partial charge in [0.2, 0.25) is 0 Å². The quantitative estimate of drug-likeness (QED) is 0.283. The third kappa shape index (κ3) is 5.12. The van der Waals surface area contributed by atoms with E-state index in [4.69, 9.17) is 21.1 Å². The Morgan fingerprint density at radius 3 is 2.67 bits per heavy atom. The van der Waals surface area contributed by atoms with E-state index < -0.39 is 0 Å². The smallest absolute Gasteiger partial charge is 0.189 e. The van der Waals surface area contributed by atoms with Crippen molar-refractivity contribution in [3.05, 3.63) is 80.6 Å². The minimum atomic E-state index is -0.0811. The molecule has 0 saturated heterocycles. The molecule has 7 heteroatoms. The first-order valence-corrected chi connectivity index (χ1v) is 10.6. The summed E-state index contributed by atoms with van der Waals surface area (Å²) in [5, 5.41) is 4.75. The zero-order valence-corrected chi connectivity index (χ0v) is 19.3. The summed E-state index contributed by atoms with van der Waals surface area (Å²) in [6.45, 7) is 4.90.